The highest BCUT2D eigenvalue weighted by Crippen LogP contribution is 2.55. The maximum atomic E-state index is 10.2. The van der Waals surface area contributed by atoms with Crippen LogP contribution in [0.4, 0.5) is 0 Å². The molecule has 2 rings (SSSR count). The van der Waals surface area contributed by atoms with Crippen molar-refractivity contribution < 1.29 is 9.90 Å². The van der Waals surface area contributed by atoms with Crippen LogP contribution in [0.25, 0.3) is 0 Å². The first-order valence-electron chi connectivity index (χ1n) is 3.99. The van der Waals surface area contributed by atoms with Gasteiger partial charge in [-0.2, -0.15) is 0 Å². The Labute approximate surface area is 60.2 Å². The second-order valence-electron chi connectivity index (χ2n) is 3.59. The number of hydrogen-bond donors (Lipinski definition) is 1. The van der Waals surface area contributed by atoms with Crippen molar-refractivity contribution in [2.75, 3.05) is 0 Å². The van der Waals surface area contributed by atoms with E-state index in [0.717, 1.165) is 11.8 Å². The van der Waals surface area contributed by atoms with Crippen LogP contribution in [0, 0.1) is 17.8 Å². The van der Waals surface area contributed by atoms with E-state index in [4.69, 9.17) is 5.11 Å². The van der Waals surface area contributed by atoms with Crippen molar-refractivity contribution in [3.05, 3.63) is 0 Å². The lowest BCUT2D eigenvalue weighted by Crippen LogP contribution is -1.97. The molecule has 0 aliphatic heterocycles. The van der Waals surface area contributed by atoms with Gasteiger partial charge in [-0.25, -0.2) is 0 Å². The molecule has 0 aromatic rings. The largest absolute Gasteiger partial charge is 0.481 e. The van der Waals surface area contributed by atoms with Crippen molar-refractivity contribution in [2.24, 2.45) is 17.8 Å². The number of aliphatic carboxylic acids is 1. The average Bonchev–Trinajstić information content (AvgIpc) is 2.49. The smallest absolute Gasteiger partial charge is 0.303 e. The summed E-state index contributed by atoms with van der Waals surface area (Å²) in [5, 5.41) is 8.44. The fourth-order valence-corrected chi connectivity index (χ4v) is 1.83. The molecule has 0 unspecified atom stereocenters. The molecular weight excluding hydrogens is 128 g/mol. The van der Waals surface area contributed by atoms with Crippen molar-refractivity contribution in [1.82, 2.24) is 0 Å². The van der Waals surface area contributed by atoms with Crippen LogP contribution >= 0.6 is 0 Å². The van der Waals surface area contributed by atoms with Gasteiger partial charge in [0, 0.05) is 6.42 Å². The lowest BCUT2D eigenvalue weighted by atomic mass is 10.2. The van der Waals surface area contributed by atoms with Gasteiger partial charge in [-0.15, -0.1) is 0 Å². The van der Waals surface area contributed by atoms with Crippen LogP contribution in [0.1, 0.15) is 25.7 Å². The van der Waals surface area contributed by atoms with Gasteiger partial charge in [0.05, 0.1) is 0 Å². The normalized spacial score (nSPS) is 37.6. The van der Waals surface area contributed by atoms with E-state index in [1.165, 1.54) is 19.3 Å². The van der Waals surface area contributed by atoms with Crippen LogP contribution in [-0.2, 0) is 4.79 Å². The van der Waals surface area contributed by atoms with E-state index in [9.17, 15) is 4.79 Å². The quantitative estimate of drug-likeness (QED) is 0.645. The van der Waals surface area contributed by atoms with Crippen molar-refractivity contribution in [3.63, 3.8) is 0 Å². The Morgan fingerprint density at radius 3 is 2.70 bits per heavy atom. The molecule has 2 heteroatoms. The number of carboxylic acids is 1. The van der Waals surface area contributed by atoms with Crippen molar-refractivity contribution >= 4 is 5.97 Å². The number of rotatable bonds is 3. The minimum atomic E-state index is -0.617. The fraction of sp³-hybridized carbons (Fsp3) is 0.875. The van der Waals surface area contributed by atoms with Crippen LogP contribution in [0.5, 0.6) is 0 Å². The molecule has 1 N–H and O–H groups in total. The summed E-state index contributed by atoms with van der Waals surface area (Å²) in [6.07, 6.45) is 4.33. The van der Waals surface area contributed by atoms with Crippen LogP contribution in [-0.4, -0.2) is 11.1 Å². The molecule has 2 saturated carbocycles. The monoisotopic (exact) mass is 140 g/mol. The zero-order valence-corrected chi connectivity index (χ0v) is 5.92. The molecule has 0 bridgehead atoms. The van der Waals surface area contributed by atoms with E-state index in [0.29, 0.717) is 12.3 Å². The van der Waals surface area contributed by atoms with Crippen LogP contribution in [0.3, 0.4) is 0 Å². The molecule has 0 radical (unpaired) electrons. The minimum absolute atomic E-state index is 0.418. The second-order valence-corrected chi connectivity index (χ2v) is 3.59. The molecule has 0 amide bonds. The molecule has 0 saturated heterocycles. The van der Waals surface area contributed by atoms with Crippen LogP contribution in [0.15, 0.2) is 0 Å². The number of hydrogen-bond acceptors (Lipinski definition) is 1. The molecule has 56 valence electrons. The van der Waals surface area contributed by atoms with E-state index in [1.54, 1.807) is 0 Å². The zero-order chi connectivity index (χ0) is 7.14. The van der Waals surface area contributed by atoms with Gasteiger partial charge in [-0.3, -0.25) is 4.79 Å². The molecule has 0 aromatic carbocycles. The summed E-state index contributed by atoms with van der Waals surface area (Å²) < 4.78 is 0. The highest BCUT2D eigenvalue weighted by molar-refractivity contribution is 5.67. The third-order valence-electron chi connectivity index (χ3n) is 2.64. The van der Waals surface area contributed by atoms with E-state index < -0.39 is 5.97 Å². The first-order chi connectivity index (χ1) is 4.77. The van der Waals surface area contributed by atoms with Crippen molar-refractivity contribution in [2.45, 2.75) is 25.7 Å². The van der Waals surface area contributed by atoms with Gasteiger partial charge in [0.2, 0.25) is 0 Å². The predicted octanol–water partition coefficient (Wildman–Crippen LogP) is 1.51. The van der Waals surface area contributed by atoms with Crippen LogP contribution in [0.2, 0.25) is 0 Å². The van der Waals surface area contributed by atoms with Gasteiger partial charge in [-0.05, 0) is 37.0 Å². The van der Waals surface area contributed by atoms with Gasteiger partial charge in [0.15, 0.2) is 0 Å². The maximum absolute atomic E-state index is 10.2. The standard InChI is InChI=1S/C8H12O2/c9-8(10)4-6-3-7(6)5-1-2-5/h5-7H,1-4H2,(H,9,10)/t6-,7-/m0/s1. The Morgan fingerprint density at radius 2 is 2.20 bits per heavy atom. The molecule has 2 nitrogen and oxygen atoms in total. The molecule has 2 aliphatic rings. The lowest BCUT2D eigenvalue weighted by Gasteiger charge is -1.90. The van der Waals surface area contributed by atoms with E-state index in [-0.39, 0.29) is 0 Å². The van der Waals surface area contributed by atoms with Crippen molar-refractivity contribution in [1.29, 1.82) is 0 Å². The topological polar surface area (TPSA) is 37.3 Å². The number of carboxylic acid groups (broad SMARTS) is 1. The van der Waals surface area contributed by atoms with Crippen LogP contribution < -0.4 is 0 Å². The fourth-order valence-electron chi connectivity index (χ4n) is 1.83. The molecule has 0 spiro atoms. The Bertz CT molecular complexity index is 161. The Kier molecular flexibility index (Phi) is 1.22. The molecular formula is C8H12O2. The third kappa shape index (κ3) is 1.15. The highest BCUT2D eigenvalue weighted by atomic mass is 16.4. The van der Waals surface area contributed by atoms with E-state index >= 15 is 0 Å². The van der Waals surface area contributed by atoms with Gasteiger partial charge in [0.1, 0.15) is 0 Å². The van der Waals surface area contributed by atoms with E-state index in [1.807, 2.05) is 0 Å². The number of carbonyl (C=O) groups is 1. The predicted molar refractivity (Wildman–Crippen MR) is 36.6 cm³/mol. The summed E-state index contributed by atoms with van der Waals surface area (Å²) in [5.41, 5.74) is 0. The van der Waals surface area contributed by atoms with Gasteiger partial charge >= 0.3 is 5.97 Å². The summed E-state index contributed by atoms with van der Waals surface area (Å²) in [7, 11) is 0. The molecule has 2 atom stereocenters. The summed E-state index contributed by atoms with van der Waals surface area (Å²) in [4.78, 5) is 10.2. The van der Waals surface area contributed by atoms with Gasteiger partial charge < -0.3 is 5.11 Å². The Hall–Kier alpha value is -0.530. The first kappa shape index (κ1) is 6.20. The maximum Gasteiger partial charge on any atom is 0.303 e. The summed E-state index contributed by atoms with van der Waals surface area (Å²) >= 11 is 0. The highest BCUT2D eigenvalue weighted by Gasteiger charge is 2.47. The van der Waals surface area contributed by atoms with Crippen molar-refractivity contribution in [3.8, 4) is 0 Å². The molecule has 10 heavy (non-hydrogen) atoms. The lowest BCUT2D eigenvalue weighted by molar-refractivity contribution is -0.137. The minimum Gasteiger partial charge on any atom is -0.481 e. The summed E-state index contributed by atoms with van der Waals surface area (Å²) in [6.45, 7) is 0. The molecule has 0 aromatic heterocycles. The molecule has 0 heterocycles. The molecule has 2 aliphatic carbocycles. The summed E-state index contributed by atoms with van der Waals surface area (Å²) in [6, 6.07) is 0. The second kappa shape index (κ2) is 1.97. The third-order valence-corrected chi connectivity index (χ3v) is 2.64. The van der Waals surface area contributed by atoms with Gasteiger partial charge in [0.25, 0.3) is 0 Å². The summed E-state index contributed by atoms with van der Waals surface area (Å²) in [5.74, 6) is 1.65. The molecule has 2 fully saturated rings. The first-order valence-corrected chi connectivity index (χ1v) is 3.99. The SMILES string of the molecule is O=C(O)C[C@@H]1C[C@H]1C1CC1. The Morgan fingerprint density at radius 1 is 1.50 bits per heavy atom. The van der Waals surface area contributed by atoms with Gasteiger partial charge in [-0.1, -0.05) is 0 Å². The Balaban J connectivity index is 1.73. The zero-order valence-electron chi connectivity index (χ0n) is 5.92. The van der Waals surface area contributed by atoms with E-state index in [2.05, 4.69) is 0 Å². The average molecular weight is 140 g/mol.